The standard InChI is InChI=1S/C24H26ClFN2O2/c1-16-4-2-3-5-21(16)27-15-22(29)28(14-17-6-12-20(26)13-7-17)23(24(27)30)18-8-10-19(25)11-9-18/h6-13,16,21,23H,2-5,14-15H2,1H3/t16-,21+,23-/m1/s1. The van der Waals surface area contributed by atoms with Crippen molar-refractivity contribution in [3.8, 4) is 0 Å². The molecule has 1 aliphatic carbocycles. The van der Waals surface area contributed by atoms with E-state index in [2.05, 4.69) is 6.92 Å². The monoisotopic (exact) mass is 428 g/mol. The minimum Gasteiger partial charge on any atom is -0.328 e. The Labute approximate surface area is 181 Å². The van der Waals surface area contributed by atoms with E-state index in [-0.39, 0.29) is 36.8 Å². The maximum absolute atomic E-state index is 13.7. The molecule has 4 nitrogen and oxygen atoms in total. The highest BCUT2D eigenvalue weighted by Gasteiger charge is 2.44. The first-order chi connectivity index (χ1) is 14.4. The normalized spacial score (nSPS) is 25.0. The van der Waals surface area contributed by atoms with Crippen LogP contribution in [0.3, 0.4) is 0 Å². The lowest BCUT2D eigenvalue weighted by atomic mass is 9.83. The smallest absolute Gasteiger partial charge is 0.250 e. The fraction of sp³-hybridized carbons (Fsp3) is 0.417. The Hall–Kier alpha value is -2.40. The van der Waals surface area contributed by atoms with Crippen LogP contribution in [0, 0.1) is 11.7 Å². The fourth-order valence-corrected chi connectivity index (χ4v) is 4.85. The van der Waals surface area contributed by atoms with E-state index >= 15 is 0 Å². The first kappa shape index (κ1) is 20.9. The van der Waals surface area contributed by atoms with E-state index in [4.69, 9.17) is 11.6 Å². The van der Waals surface area contributed by atoms with Crippen molar-refractivity contribution in [3.63, 3.8) is 0 Å². The lowest BCUT2D eigenvalue weighted by Gasteiger charge is -2.46. The summed E-state index contributed by atoms with van der Waals surface area (Å²) in [6, 6.07) is 12.6. The molecule has 158 valence electrons. The molecule has 1 aliphatic heterocycles. The summed E-state index contributed by atoms with van der Waals surface area (Å²) in [7, 11) is 0. The average molecular weight is 429 g/mol. The number of hydrogen-bond donors (Lipinski definition) is 0. The van der Waals surface area contributed by atoms with Gasteiger partial charge in [-0.1, -0.05) is 55.6 Å². The molecule has 1 saturated heterocycles. The van der Waals surface area contributed by atoms with Gasteiger partial charge in [0.15, 0.2) is 0 Å². The van der Waals surface area contributed by atoms with Crippen molar-refractivity contribution in [1.29, 1.82) is 0 Å². The highest BCUT2D eigenvalue weighted by atomic mass is 35.5. The topological polar surface area (TPSA) is 40.6 Å². The lowest BCUT2D eigenvalue weighted by molar-refractivity contribution is -0.161. The Morgan fingerprint density at radius 1 is 1.00 bits per heavy atom. The molecule has 30 heavy (non-hydrogen) atoms. The van der Waals surface area contributed by atoms with Crippen molar-refractivity contribution in [2.24, 2.45) is 5.92 Å². The maximum Gasteiger partial charge on any atom is 0.250 e. The number of rotatable bonds is 4. The molecule has 0 bridgehead atoms. The highest BCUT2D eigenvalue weighted by Crippen LogP contribution is 2.35. The molecular weight excluding hydrogens is 403 g/mol. The Morgan fingerprint density at radius 2 is 1.67 bits per heavy atom. The predicted octanol–water partition coefficient (Wildman–Crippen LogP) is 4.97. The summed E-state index contributed by atoms with van der Waals surface area (Å²) in [6.07, 6.45) is 4.27. The Kier molecular flexibility index (Phi) is 6.09. The molecule has 1 saturated carbocycles. The molecule has 2 fully saturated rings. The van der Waals surface area contributed by atoms with Crippen molar-refractivity contribution in [2.45, 2.75) is 51.2 Å². The van der Waals surface area contributed by atoms with E-state index in [0.717, 1.165) is 30.4 Å². The molecule has 2 aliphatic rings. The van der Waals surface area contributed by atoms with Crippen LogP contribution >= 0.6 is 11.6 Å². The number of halogens is 2. The molecule has 2 amide bonds. The van der Waals surface area contributed by atoms with E-state index in [0.29, 0.717) is 10.9 Å². The summed E-state index contributed by atoms with van der Waals surface area (Å²) in [4.78, 5) is 30.4. The molecule has 0 unspecified atom stereocenters. The van der Waals surface area contributed by atoms with Crippen LogP contribution in [-0.2, 0) is 16.1 Å². The molecular formula is C24H26ClFN2O2. The first-order valence-corrected chi connectivity index (χ1v) is 10.9. The van der Waals surface area contributed by atoms with Gasteiger partial charge in [0.05, 0.1) is 0 Å². The zero-order chi connectivity index (χ0) is 21.3. The van der Waals surface area contributed by atoms with Crippen molar-refractivity contribution in [2.75, 3.05) is 6.54 Å². The number of carbonyl (C=O) groups is 2. The molecule has 0 radical (unpaired) electrons. The van der Waals surface area contributed by atoms with Gasteiger partial charge >= 0.3 is 0 Å². The summed E-state index contributed by atoms with van der Waals surface area (Å²) >= 11 is 6.05. The number of nitrogens with zero attached hydrogens (tertiary/aromatic N) is 2. The third-order valence-corrected chi connectivity index (χ3v) is 6.63. The van der Waals surface area contributed by atoms with Crippen molar-refractivity contribution in [1.82, 2.24) is 9.80 Å². The summed E-state index contributed by atoms with van der Waals surface area (Å²) in [5, 5.41) is 0.580. The van der Waals surface area contributed by atoms with E-state index in [1.807, 2.05) is 12.1 Å². The van der Waals surface area contributed by atoms with Gasteiger partial charge in [0, 0.05) is 17.6 Å². The summed E-state index contributed by atoms with van der Waals surface area (Å²) in [5.74, 6) is -0.0778. The van der Waals surface area contributed by atoms with Crippen LogP contribution in [0.25, 0.3) is 0 Å². The van der Waals surface area contributed by atoms with Gasteiger partial charge in [-0.3, -0.25) is 9.59 Å². The van der Waals surface area contributed by atoms with Gasteiger partial charge in [-0.2, -0.15) is 0 Å². The first-order valence-electron chi connectivity index (χ1n) is 10.5. The van der Waals surface area contributed by atoms with E-state index in [9.17, 15) is 14.0 Å². The zero-order valence-electron chi connectivity index (χ0n) is 17.1. The third kappa shape index (κ3) is 4.22. The van der Waals surface area contributed by atoms with Gasteiger partial charge in [-0.25, -0.2) is 4.39 Å². The van der Waals surface area contributed by atoms with Crippen molar-refractivity contribution < 1.29 is 14.0 Å². The number of amides is 2. The molecule has 2 aromatic carbocycles. The third-order valence-electron chi connectivity index (χ3n) is 6.37. The molecule has 1 heterocycles. The summed E-state index contributed by atoms with van der Waals surface area (Å²) in [5.41, 5.74) is 1.53. The Bertz CT molecular complexity index is 916. The van der Waals surface area contributed by atoms with Crippen molar-refractivity contribution in [3.05, 3.63) is 70.5 Å². The molecule has 3 atom stereocenters. The largest absolute Gasteiger partial charge is 0.328 e. The van der Waals surface area contributed by atoms with E-state index < -0.39 is 6.04 Å². The zero-order valence-corrected chi connectivity index (χ0v) is 17.8. The van der Waals surface area contributed by atoms with Gasteiger partial charge in [0.2, 0.25) is 5.91 Å². The maximum atomic E-state index is 13.7. The van der Waals surface area contributed by atoms with Crippen LogP contribution < -0.4 is 0 Å². The van der Waals surface area contributed by atoms with Crippen LogP contribution in [0.4, 0.5) is 4.39 Å². The predicted molar refractivity (Wildman–Crippen MR) is 114 cm³/mol. The van der Waals surface area contributed by atoms with Gasteiger partial charge in [0.25, 0.3) is 5.91 Å². The van der Waals surface area contributed by atoms with Gasteiger partial charge in [-0.05, 0) is 54.2 Å². The second-order valence-corrected chi connectivity index (χ2v) is 8.83. The van der Waals surface area contributed by atoms with Crippen LogP contribution in [0.2, 0.25) is 5.02 Å². The number of piperazine rings is 1. The van der Waals surface area contributed by atoms with Gasteiger partial charge in [-0.15, -0.1) is 0 Å². The quantitative estimate of drug-likeness (QED) is 0.689. The number of carbonyl (C=O) groups excluding carboxylic acids is 2. The van der Waals surface area contributed by atoms with Gasteiger partial charge < -0.3 is 9.80 Å². The number of benzene rings is 2. The molecule has 0 spiro atoms. The Balaban J connectivity index is 1.68. The minimum atomic E-state index is -0.706. The second-order valence-electron chi connectivity index (χ2n) is 8.40. The van der Waals surface area contributed by atoms with Crippen LogP contribution in [0.15, 0.2) is 48.5 Å². The molecule has 0 N–H and O–H groups in total. The highest BCUT2D eigenvalue weighted by molar-refractivity contribution is 6.30. The molecule has 4 rings (SSSR count). The van der Waals surface area contributed by atoms with E-state index in [1.54, 1.807) is 34.1 Å². The van der Waals surface area contributed by atoms with Crippen molar-refractivity contribution >= 4 is 23.4 Å². The lowest BCUT2D eigenvalue weighted by Crippen LogP contribution is -2.59. The van der Waals surface area contributed by atoms with E-state index in [1.165, 1.54) is 18.6 Å². The number of hydrogen-bond acceptors (Lipinski definition) is 2. The van der Waals surface area contributed by atoms with Gasteiger partial charge in [0.1, 0.15) is 18.4 Å². The Morgan fingerprint density at radius 3 is 2.33 bits per heavy atom. The minimum absolute atomic E-state index is 0.0437. The molecule has 0 aromatic heterocycles. The molecule has 2 aromatic rings. The molecule has 6 heteroatoms. The summed E-state index contributed by atoms with van der Waals surface area (Å²) < 4.78 is 13.3. The second kappa shape index (κ2) is 8.76. The van der Waals surface area contributed by atoms with Crippen LogP contribution in [0.1, 0.15) is 49.8 Å². The fourth-order valence-electron chi connectivity index (χ4n) is 4.72. The SMILES string of the molecule is C[C@@H]1CCCC[C@@H]1N1CC(=O)N(Cc2ccc(F)cc2)[C@H](c2ccc(Cl)cc2)C1=O. The van der Waals surface area contributed by atoms with Crippen LogP contribution in [0.5, 0.6) is 0 Å². The average Bonchev–Trinajstić information content (AvgIpc) is 2.74. The summed E-state index contributed by atoms with van der Waals surface area (Å²) in [6.45, 7) is 2.52. The van der Waals surface area contributed by atoms with Crippen LogP contribution in [-0.4, -0.2) is 34.2 Å².